The molecule has 48 heavy (non-hydrogen) atoms. The van der Waals surface area contributed by atoms with Crippen molar-refractivity contribution in [3.63, 3.8) is 0 Å². The minimum Gasteiger partial charge on any atom is -0.493 e. The monoisotopic (exact) mass is 786 g/mol. The van der Waals surface area contributed by atoms with E-state index in [1.807, 2.05) is 12.1 Å². The molecule has 0 unspecified atom stereocenters. The highest BCUT2D eigenvalue weighted by atomic mass is 127. The summed E-state index contributed by atoms with van der Waals surface area (Å²) in [4.78, 5) is 37.6. The molecule has 0 fully saturated rings. The van der Waals surface area contributed by atoms with Crippen molar-refractivity contribution in [2.45, 2.75) is 33.4 Å². The largest absolute Gasteiger partial charge is 0.493 e. The fraction of sp³-hybridized carbons (Fsp3) is 0.265. The molecule has 252 valence electrons. The van der Waals surface area contributed by atoms with Gasteiger partial charge in [-0.15, -0.1) is 0 Å². The molecule has 12 nitrogen and oxygen atoms in total. The van der Waals surface area contributed by atoms with Gasteiger partial charge in [0.15, 0.2) is 23.2 Å². The maximum absolute atomic E-state index is 12.8. The van der Waals surface area contributed by atoms with Crippen LogP contribution in [0.25, 0.3) is 0 Å². The summed E-state index contributed by atoms with van der Waals surface area (Å²) in [5.74, 6) is -0.125. The molecule has 0 bridgehead atoms. The minimum atomic E-state index is -0.653. The third kappa shape index (κ3) is 9.44. The minimum absolute atomic E-state index is 0.184. The zero-order valence-corrected chi connectivity index (χ0v) is 29.7. The number of thiocarbonyl (C=S) groups is 1. The number of benzene rings is 3. The van der Waals surface area contributed by atoms with E-state index in [9.17, 15) is 14.4 Å². The number of carbonyl (C=O) groups is 3. The van der Waals surface area contributed by atoms with Crippen molar-refractivity contribution in [2.24, 2.45) is 5.10 Å². The van der Waals surface area contributed by atoms with Crippen LogP contribution in [-0.2, 0) is 25.7 Å². The predicted molar refractivity (Wildman–Crippen MR) is 191 cm³/mol. The molecule has 1 aliphatic rings. The molecule has 3 N–H and O–H groups in total. The number of halogens is 1. The van der Waals surface area contributed by atoms with Crippen molar-refractivity contribution in [2.75, 3.05) is 26.9 Å². The molecule has 14 heteroatoms. The molecule has 1 atom stereocenters. The number of nitrogens with zero attached hydrogens (tertiary/aromatic N) is 1. The van der Waals surface area contributed by atoms with Crippen LogP contribution in [0.15, 0.2) is 77.0 Å². The number of para-hydroxylation sites is 1. The lowest BCUT2D eigenvalue weighted by atomic mass is 9.95. The Kier molecular flexibility index (Phi) is 13.1. The summed E-state index contributed by atoms with van der Waals surface area (Å²) in [6.45, 7) is 5.55. The quantitative estimate of drug-likeness (QED) is 0.0672. The lowest BCUT2D eigenvalue weighted by molar-refractivity contribution is -0.139. The average molecular weight is 787 g/mol. The van der Waals surface area contributed by atoms with Gasteiger partial charge in [-0.3, -0.25) is 4.79 Å². The first-order valence-electron chi connectivity index (χ1n) is 14.9. The summed E-state index contributed by atoms with van der Waals surface area (Å²) < 4.78 is 28.7. The van der Waals surface area contributed by atoms with E-state index >= 15 is 0 Å². The SMILES string of the molecule is CCOC(=O)C1=C(C)NC(=S)N[C@@H]1c1ccccc1OCC(=O)NN=Cc1cc(I)cc(OC)c1OCc1ccc(C(=O)OCC)cc1. The first-order valence-corrected chi connectivity index (χ1v) is 16.4. The van der Waals surface area contributed by atoms with E-state index < -0.39 is 23.9 Å². The van der Waals surface area contributed by atoms with E-state index in [0.29, 0.717) is 56.9 Å². The Balaban J connectivity index is 1.43. The molecule has 0 aromatic heterocycles. The Morgan fingerprint density at radius 3 is 2.40 bits per heavy atom. The third-order valence-electron chi connectivity index (χ3n) is 6.86. The van der Waals surface area contributed by atoms with Crippen molar-refractivity contribution >= 4 is 64.0 Å². The Bertz CT molecular complexity index is 1730. The van der Waals surface area contributed by atoms with Crippen molar-refractivity contribution in [1.82, 2.24) is 16.1 Å². The van der Waals surface area contributed by atoms with Gasteiger partial charge in [-0.25, -0.2) is 15.0 Å². The van der Waals surface area contributed by atoms with Gasteiger partial charge in [0.1, 0.15) is 12.4 Å². The zero-order valence-electron chi connectivity index (χ0n) is 26.8. The van der Waals surface area contributed by atoms with Gasteiger partial charge in [0.25, 0.3) is 5.91 Å². The van der Waals surface area contributed by atoms with Crippen molar-refractivity contribution in [3.8, 4) is 17.2 Å². The maximum atomic E-state index is 12.8. The fourth-order valence-corrected chi connectivity index (χ4v) is 5.59. The topological polar surface area (TPSA) is 146 Å². The van der Waals surface area contributed by atoms with E-state index in [-0.39, 0.29) is 19.8 Å². The molecule has 1 aliphatic heterocycles. The number of hydrogen-bond acceptors (Lipinski definition) is 10. The van der Waals surface area contributed by atoms with Crippen LogP contribution in [0, 0.1) is 3.57 Å². The molecule has 0 saturated carbocycles. The average Bonchev–Trinajstić information content (AvgIpc) is 3.06. The summed E-state index contributed by atoms with van der Waals surface area (Å²) >= 11 is 7.48. The van der Waals surface area contributed by atoms with Crippen LogP contribution in [0.5, 0.6) is 17.2 Å². The normalized spacial score (nSPS) is 14.1. The highest BCUT2D eigenvalue weighted by Crippen LogP contribution is 2.34. The molecule has 3 aromatic carbocycles. The van der Waals surface area contributed by atoms with Crippen LogP contribution in [0.4, 0.5) is 0 Å². The summed E-state index contributed by atoms with van der Waals surface area (Å²) in [5.41, 5.74) is 5.83. The lowest BCUT2D eigenvalue weighted by Gasteiger charge is -2.30. The molecule has 0 saturated heterocycles. The van der Waals surface area contributed by atoms with Gasteiger partial charge in [0.2, 0.25) is 0 Å². The van der Waals surface area contributed by atoms with Crippen LogP contribution in [-0.4, -0.2) is 56.1 Å². The van der Waals surface area contributed by atoms with Gasteiger partial charge in [-0.1, -0.05) is 30.3 Å². The van der Waals surface area contributed by atoms with E-state index in [0.717, 1.165) is 9.13 Å². The van der Waals surface area contributed by atoms with Crippen molar-refractivity contribution < 1.29 is 38.1 Å². The summed E-state index contributed by atoms with van der Waals surface area (Å²) in [5, 5.41) is 10.5. The highest BCUT2D eigenvalue weighted by molar-refractivity contribution is 14.1. The van der Waals surface area contributed by atoms with Crippen LogP contribution >= 0.6 is 34.8 Å². The number of allylic oxidation sites excluding steroid dienone is 1. The van der Waals surface area contributed by atoms with Gasteiger partial charge in [-0.05, 0) is 91.5 Å². The number of esters is 2. The van der Waals surface area contributed by atoms with Crippen LogP contribution in [0.2, 0.25) is 0 Å². The lowest BCUT2D eigenvalue weighted by Crippen LogP contribution is -2.45. The molecule has 0 radical (unpaired) electrons. The zero-order chi connectivity index (χ0) is 34.6. The smallest absolute Gasteiger partial charge is 0.338 e. The predicted octanol–water partition coefficient (Wildman–Crippen LogP) is 4.94. The summed E-state index contributed by atoms with van der Waals surface area (Å²) in [6, 6.07) is 16.9. The van der Waals surface area contributed by atoms with Crippen molar-refractivity contribution in [1.29, 1.82) is 0 Å². The van der Waals surface area contributed by atoms with Gasteiger partial charge >= 0.3 is 11.9 Å². The van der Waals surface area contributed by atoms with E-state index in [4.69, 9.17) is 35.9 Å². The second kappa shape index (κ2) is 17.5. The standard InChI is InChI=1S/C34H35IN4O8S/c1-5-44-32(41)22-13-11-21(12-14-22)18-47-31-23(15-24(35)16-27(31)43-4)17-36-39-28(40)19-46-26-10-8-7-9-25(26)30-29(33(42)45-6-2)20(3)37-34(48)38-30/h7-17,30H,5-6,18-19H2,1-4H3,(H,39,40)(H2,37,38,48)/t30-/m1/s1. The fourth-order valence-electron chi connectivity index (χ4n) is 4.70. The maximum Gasteiger partial charge on any atom is 0.338 e. The second-order valence-electron chi connectivity index (χ2n) is 10.1. The van der Waals surface area contributed by atoms with Crippen LogP contribution in [0.3, 0.4) is 0 Å². The molecular formula is C34H35IN4O8S. The molecule has 3 aromatic rings. The number of carbonyl (C=O) groups excluding carboxylic acids is 3. The Labute approximate surface area is 297 Å². The molecule has 1 amide bonds. The molecule has 0 aliphatic carbocycles. The second-order valence-corrected chi connectivity index (χ2v) is 11.8. The Hall–Kier alpha value is -4.70. The van der Waals surface area contributed by atoms with Crippen LogP contribution in [0.1, 0.15) is 53.9 Å². The Morgan fingerprint density at radius 2 is 1.69 bits per heavy atom. The van der Waals surface area contributed by atoms with E-state index in [1.54, 1.807) is 69.3 Å². The van der Waals surface area contributed by atoms with Crippen molar-refractivity contribution in [3.05, 3.63) is 97.8 Å². The van der Waals surface area contributed by atoms with Gasteiger partial charge in [-0.2, -0.15) is 5.10 Å². The molecular weight excluding hydrogens is 751 g/mol. The number of hydrogen-bond donors (Lipinski definition) is 3. The summed E-state index contributed by atoms with van der Waals surface area (Å²) in [7, 11) is 1.53. The molecule has 1 heterocycles. The first-order chi connectivity index (χ1) is 23.1. The van der Waals surface area contributed by atoms with E-state index in [2.05, 4.69) is 43.8 Å². The Morgan fingerprint density at radius 1 is 0.979 bits per heavy atom. The number of amides is 1. The first kappa shape index (κ1) is 36.1. The molecule has 0 spiro atoms. The number of methoxy groups -OCH3 is 1. The number of hydrazone groups is 1. The molecule has 4 rings (SSSR count). The van der Waals surface area contributed by atoms with Gasteiger partial charge in [0.05, 0.1) is 43.7 Å². The number of rotatable bonds is 14. The van der Waals surface area contributed by atoms with Gasteiger partial charge in [0, 0.05) is 20.4 Å². The summed E-state index contributed by atoms with van der Waals surface area (Å²) in [6.07, 6.45) is 1.45. The number of nitrogens with one attached hydrogen (secondary N) is 3. The highest BCUT2D eigenvalue weighted by Gasteiger charge is 2.32. The van der Waals surface area contributed by atoms with Gasteiger partial charge < -0.3 is 34.3 Å². The third-order valence-corrected chi connectivity index (χ3v) is 7.71. The number of ether oxygens (including phenoxy) is 5. The van der Waals surface area contributed by atoms with E-state index in [1.165, 1.54) is 13.3 Å². The van der Waals surface area contributed by atoms with Crippen LogP contribution < -0.4 is 30.3 Å².